The fourth-order valence-electron chi connectivity index (χ4n) is 5.35. The molecule has 2 heterocycles. The van der Waals surface area contributed by atoms with Crippen LogP contribution >= 0.6 is 0 Å². The van der Waals surface area contributed by atoms with Gasteiger partial charge in [0.25, 0.3) is 11.6 Å². The second kappa shape index (κ2) is 13.8. The third-order valence-corrected chi connectivity index (χ3v) is 7.73. The van der Waals surface area contributed by atoms with E-state index in [1.807, 2.05) is 28.8 Å². The lowest BCUT2D eigenvalue weighted by Gasteiger charge is -2.35. The Morgan fingerprint density at radius 2 is 1.65 bits per heavy atom. The van der Waals surface area contributed by atoms with Gasteiger partial charge in [0.2, 0.25) is 5.91 Å². The number of methoxy groups -OCH3 is 2. The van der Waals surface area contributed by atoms with E-state index in [2.05, 4.69) is 15.6 Å². The number of carbonyl (C=O) groups is 3. The molecule has 4 N–H and O–H groups in total. The number of fused-ring (bicyclic) bond motifs is 1. The molecule has 1 aliphatic rings. The minimum Gasteiger partial charge on any atom is -0.493 e. The molecule has 1 unspecified atom stereocenters. The van der Waals surface area contributed by atoms with Crippen LogP contribution in [-0.4, -0.2) is 57.5 Å². The molecule has 1 atom stereocenters. The highest BCUT2D eigenvalue weighted by Gasteiger charge is 2.37. The average Bonchev–Trinajstić information content (AvgIpc) is 3.46. The van der Waals surface area contributed by atoms with E-state index < -0.39 is 17.0 Å². The Kier molecular flexibility index (Phi) is 9.45. The first-order chi connectivity index (χ1) is 22.2. The van der Waals surface area contributed by atoms with Crippen molar-refractivity contribution in [3.63, 3.8) is 0 Å². The van der Waals surface area contributed by atoms with Gasteiger partial charge in [-0.25, -0.2) is 9.78 Å². The molecule has 4 amide bonds. The number of amides is 4. The van der Waals surface area contributed by atoms with Gasteiger partial charge in [-0.05, 0) is 34.9 Å². The summed E-state index contributed by atoms with van der Waals surface area (Å²) < 4.78 is 12.6. The number of aromatic nitrogens is 2. The number of hydrogen-bond acceptors (Lipinski definition) is 8. The van der Waals surface area contributed by atoms with Crippen LogP contribution in [-0.2, 0) is 37.4 Å². The number of hydrogen-bond donors (Lipinski definition) is 3. The number of nitro groups is 1. The molecular weight excluding hydrogens is 594 g/mol. The molecular formula is C32H33N7O7. The predicted octanol–water partition coefficient (Wildman–Crippen LogP) is 2.91. The van der Waals surface area contributed by atoms with Crippen LogP contribution in [0.15, 0.2) is 73.1 Å². The van der Waals surface area contributed by atoms with Crippen molar-refractivity contribution in [2.75, 3.05) is 14.2 Å². The summed E-state index contributed by atoms with van der Waals surface area (Å²) in [6.07, 6.45) is 1.83. The number of imidazole rings is 1. The molecule has 0 saturated heterocycles. The quantitative estimate of drug-likeness (QED) is 0.167. The molecule has 0 fully saturated rings. The highest BCUT2D eigenvalue weighted by atomic mass is 16.6. The van der Waals surface area contributed by atoms with Gasteiger partial charge in [-0.1, -0.05) is 36.4 Å². The van der Waals surface area contributed by atoms with Gasteiger partial charge in [0, 0.05) is 43.8 Å². The molecule has 1 aromatic heterocycles. The Labute approximate surface area is 264 Å². The second-order valence-corrected chi connectivity index (χ2v) is 10.7. The van der Waals surface area contributed by atoms with E-state index in [1.54, 1.807) is 36.7 Å². The molecule has 14 heteroatoms. The molecule has 14 nitrogen and oxygen atoms in total. The molecule has 1 aliphatic heterocycles. The lowest BCUT2D eigenvalue weighted by atomic mass is 9.99. The minimum absolute atomic E-state index is 0.00832. The van der Waals surface area contributed by atoms with Gasteiger partial charge in [0.05, 0.1) is 43.4 Å². The standard InChI is InChI=1S/C32H33N7O7/c1-45-28-11-8-23(13-29(28)46-2)31(41)38-18-27-25(36-19-37(27)17-20-6-9-24(10-7-20)39(43)44)14-26(38)30(40)34-15-21-4-3-5-22(12-21)16-35-32(33)42/h3-13,19,26H,14-18H2,1-2H3,(H,34,40)(H3,33,35,42). The molecule has 0 radical (unpaired) electrons. The third-order valence-electron chi connectivity index (χ3n) is 7.73. The van der Waals surface area contributed by atoms with Crippen molar-refractivity contribution in [1.82, 2.24) is 25.1 Å². The number of ether oxygens (including phenoxy) is 2. The van der Waals surface area contributed by atoms with E-state index in [0.29, 0.717) is 29.3 Å². The molecule has 0 spiro atoms. The zero-order valence-corrected chi connectivity index (χ0v) is 25.3. The summed E-state index contributed by atoms with van der Waals surface area (Å²) in [4.78, 5) is 55.6. The normalized spacial score (nSPS) is 13.8. The monoisotopic (exact) mass is 627 g/mol. The number of nitrogens with two attached hydrogens (primary N) is 1. The fraction of sp³-hybridized carbons (Fsp3) is 0.250. The van der Waals surface area contributed by atoms with Gasteiger partial charge in [0.15, 0.2) is 11.5 Å². The van der Waals surface area contributed by atoms with Crippen LogP contribution in [0.5, 0.6) is 11.5 Å². The van der Waals surface area contributed by atoms with Crippen LogP contribution < -0.4 is 25.8 Å². The average molecular weight is 628 g/mol. The van der Waals surface area contributed by atoms with Crippen LogP contribution in [0, 0.1) is 10.1 Å². The Bertz CT molecular complexity index is 1770. The minimum atomic E-state index is -0.865. The van der Waals surface area contributed by atoms with Crippen LogP contribution in [0.25, 0.3) is 0 Å². The number of nitro benzene ring substituents is 1. The number of primary amides is 1. The molecule has 3 aromatic carbocycles. The Balaban J connectivity index is 1.40. The molecule has 46 heavy (non-hydrogen) atoms. The van der Waals surface area contributed by atoms with Crippen molar-refractivity contribution in [2.24, 2.45) is 5.73 Å². The fourth-order valence-corrected chi connectivity index (χ4v) is 5.35. The number of nitrogens with one attached hydrogen (secondary N) is 2. The van der Waals surface area contributed by atoms with Crippen molar-refractivity contribution in [3.05, 3.63) is 117 Å². The summed E-state index contributed by atoms with van der Waals surface area (Å²) in [6.45, 7) is 0.913. The molecule has 5 rings (SSSR count). The number of carbonyl (C=O) groups excluding carboxylic acids is 3. The Morgan fingerprint density at radius 3 is 2.30 bits per heavy atom. The number of non-ortho nitro benzene ring substituents is 1. The largest absolute Gasteiger partial charge is 0.493 e. The first kappa shape index (κ1) is 31.5. The maximum Gasteiger partial charge on any atom is 0.312 e. The maximum atomic E-state index is 14.0. The molecule has 0 saturated carbocycles. The molecule has 0 bridgehead atoms. The molecule has 238 valence electrons. The smallest absolute Gasteiger partial charge is 0.312 e. The van der Waals surface area contributed by atoms with Crippen LogP contribution in [0.3, 0.4) is 0 Å². The third kappa shape index (κ3) is 7.07. The maximum absolute atomic E-state index is 14.0. The summed E-state index contributed by atoms with van der Waals surface area (Å²) in [5.41, 5.74) is 9.35. The van der Waals surface area contributed by atoms with Crippen LogP contribution in [0.4, 0.5) is 10.5 Å². The van der Waals surface area contributed by atoms with Crippen molar-refractivity contribution in [2.45, 2.75) is 38.6 Å². The Hall–Kier alpha value is -5.92. The Morgan fingerprint density at radius 1 is 0.957 bits per heavy atom. The predicted molar refractivity (Wildman–Crippen MR) is 166 cm³/mol. The van der Waals surface area contributed by atoms with Crippen molar-refractivity contribution in [1.29, 1.82) is 0 Å². The summed E-state index contributed by atoms with van der Waals surface area (Å²) >= 11 is 0. The number of benzene rings is 3. The van der Waals surface area contributed by atoms with E-state index in [9.17, 15) is 24.5 Å². The zero-order chi connectivity index (χ0) is 32.8. The SMILES string of the molecule is COc1ccc(C(=O)N2Cc3c(ncn3Cc3ccc([N+](=O)[O-])cc3)CC2C(=O)NCc2cccc(CNC(N)=O)c2)cc1OC. The van der Waals surface area contributed by atoms with E-state index in [0.717, 1.165) is 22.4 Å². The van der Waals surface area contributed by atoms with E-state index >= 15 is 0 Å². The summed E-state index contributed by atoms with van der Waals surface area (Å²) in [5, 5.41) is 16.6. The van der Waals surface area contributed by atoms with Gasteiger partial charge < -0.3 is 35.3 Å². The zero-order valence-electron chi connectivity index (χ0n) is 25.3. The van der Waals surface area contributed by atoms with E-state index in [1.165, 1.54) is 31.3 Å². The summed E-state index contributed by atoms with van der Waals surface area (Å²) in [5.74, 6) is 0.101. The number of nitrogens with zero attached hydrogens (tertiary/aromatic N) is 4. The first-order valence-electron chi connectivity index (χ1n) is 14.3. The van der Waals surface area contributed by atoms with Crippen LogP contribution in [0.2, 0.25) is 0 Å². The van der Waals surface area contributed by atoms with Gasteiger partial charge >= 0.3 is 6.03 Å². The lowest BCUT2D eigenvalue weighted by Crippen LogP contribution is -2.52. The molecule has 4 aromatic rings. The molecule has 0 aliphatic carbocycles. The van der Waals surface area contributed by atoms with E-state index in [4.69, 9.17) is 15.2 Å². The number of rotatable bonds is 11. The van der Waals surface area contributed by atoms with Crippen molar-refractivity contribution in [3.8, 4) is 11.5 Å². The van der Waals surface area contributed by atoms with Gasteiger partial charge in [-0.15, -0.1) is 0 Å². The lowest BCUT2D eigenvalue weighted by molar-refractivity contribution is -0.384. The summed E-state index contributed by atoms with van der Waals surface area (Å²) in [7, 11) is 2.98. The van der Waals surface area contributed by atoms with E-state index in [-0.39, 0.29) is 43.6 Å². The highest BCUT2D eigenvalue weighted by Crippen LogP contribution is 2.31. The van der Waals surface area contributed by atoms with Crippen molar-refractivity contribution < 1.29 is 28.8 Å². The second-order valence-electron chi connectivity index (χ2n) is 10.7. The number of urea groups is 1. The topological polar surface area (TPSA) is 184 Å². The summed E-state index contributed by atoms with van der Waals surface area (Å²) in [6, 6.07) is 16.9. The van der Waals surface area contributed by atoms with Gasteiger partial charge in [-0.3, -0.25) is 19.7 Å². The van der Waals surface area contributed by atoms with Crippen LogP contribution in [0.1, 0.15) is 38.4 Å². The first-order valence-corrected chi connectivity index (χ1v) is 14.3. The highest BCUT2D eigenvalue weighted by molar-refractivity contribution is 5.98. The van der Waals surface area contributed by atoms with Crippen molar-refractivity contribution >= 4 is 23.5 Å². The van der Waals surface area contributed by atoms with Gasteiger partial charge in [0.1, 0.15) is 6.04 Å². The van der Waals surface area contributed by atoms with Gasteiger partial charge in [-0.2, -0.15) is 0 Å².